The molecule has 7 nitrogen and oxygen atoms in total. The number of carbonyl (C=O) groups is 1. The molecule has 0 aromatic carbocycles. The zero-order valence-electron chi connectivity index (χ0n) is 14.8. The summed E-state index contributed by atoms with van der Waals surface area (Å²) in [5.74, 6) is 1.71. The van der Waals surface area contributed by atoms with Crippen LogP contribution >= 0.6 is 11.3 Å². The van der Waals surface area contributed by atoms with E-state index in [9.17, 15) is 4.79 Å². The summed E-state index contributed by atoms with van der Waals surface area (Å²) < 4.78 is 0. The van der Waals surface area contributed by atoms with Crippen LogP contribution in [0.1, 0.15) is 22.7 Å². The number of aryl methyl sites for hydroxylation is 2. The van der Waals surface area contributed by atoms with Crippen molar-refractivity contribution in [2.45, 2.75) is 26.3 Å². The molecule has 0 radical (unpaired) electrons. The lowest BCUT2D eigenvalue weighted by atomic mass is 10.2. The lowest BCUT2D eigenvalue weighted by Crippen LogP contribution is -2.26. The minimum atomic E-state index is 0.000943. The van der Waals surface area contributed by atoms with Gasteiger partial charge in [-0.15, -0.1) is 11.3 Å². The van der Waals surface area contributed by atoms with Gasteiger partial charge in [0.25, 0.3) is 0 Å². The van der Waals surface area contributed by atoms with Gasteiger partial charge in [-0.3, -0.25) is 4.79 Å². The van der Waals surface area contributed by atoms with Gasteiger partial charge in [0.2, 0.25) is 17.8 Å². The topological polar surface area (TPSA) is 74.2 Å². The smallest absolute Gasteiger partial charge is 0.229 e. The molecule has 1 amide bonds. The van der Waals surface area contributed by atoms with E-state index in [1.54, 1.807) is 11.3 Å². The fraction of sp³-hybridized carbons (Fsp3) is 0.500. The second kappa shape index (κ2) is 8.05. The number of amides is 1. The number of rotatable bonds is 7. The van der Waals surface area contributed by atoms with E-state index in [1.807, 2.05) is 38.0 Å². The number of thiophene rings is 1. The Labute approximate surface area is 146 Å². The van der Waals surface area contributed by atoms with Crippen molar-refractivity contribution >= 4 is 29.1 Å². The molecule has 1 N–H and O–H groups in total. The van der Waals surface area contributed by atoms with E-state index in [2.05, 4.69) is 38.6 Å². The Balaban J connectivity index is 1.95. The molecule has 2 rings (SSSR count). The van der Waals surface area contributed by atoms with Crippen molar-refractivity contribution in [2.75, 3.05) is 38.0 Å². The number of carbonyl (C=O) groups excluding carboxylic acids is 1. The van der Waals surface area contributed by atoms with Crippen molar-refractivity contribution in [3.05, 3.63) is 27.7 Å². The van der Waals surface area contributed by atoms with Crippen molar-refractivity contribution in [3.8, 4) is 0 Å². The third-order valence-electron chi connectivity index (χ3n) is 3.45. The van der Waals surface area contributed by atoms with Crippen molar-refractivity contribution < 1.29 is 4.79 Å². The Kier molecular flexibility index (Phi) is 6.08. The van der Waals surface area contributed by atoms with Crippen LogP contribution < -0.4 is 15.1 Å². The lowest BCUT2D eigenvalue weighted by molar-refractivity contribution is -0.121. The largest absolute Gasteiger partial charge is 0.349 e. The van der Waals surface area contributed by atoms with Crippen molar-refractivity contribution in [2.24, 2.45) is 0 Å². The lowest BCUT2D eigenvalue weighted by Gasteiger charge is -2.16. The first kappa shape index (κ1) is 18.1. The van der Waals surface area contributed by atoms with Crippen LogP contribution in [0.25, 0.3) is 0 Å². The molecule has 2 aromatic rings. The van der Waals surface area contributed by atoms with Crippen LogP contribution in [-0.4, -0.2) is 49.0 Å². The fourth-order valence-electron chi connectivity index (χ4n) is 2.03. The maximum absolute atomic E-state index is 12.1. The van der Waals surface area contributed by atoms with Crippen molar-refractivity contribution in [3.63, 3.8) is 0 Å². The quantitative estimate of drug-likeness (QED) is 0.820. The van der Waals surface area contributed by atoms with E-state index in [0.29, 0.717) is 30.7 Å². The van der Waals surface area contributed by atoms with Gasteiger partial charge in [0.1, 0.15) is 0 Å². The van der Waals surface area contributed by atoms with E-state index in [-0.39, 0.29) is 5.91 Å². The van der Waals surface area contributed by atoms with Gasteiger partial charge >= 0.3 is 0 Å². The predicted octanol–water partition coefficient (Wildman–Crippen LogP) is 1.62. The molecule has 0 saturated carbocycles. The summed E-state index contributed by atoms with van der Waals surface area (Å²) in [7, 11) is 7.50. The molecule has 0 aliphatic rings. The summed E-state index contributed by atoms with van der Waals surface area (Å²) in [5.41, 5.74) is 1.25. The summed E-state index contributed by atoms with van der Waals surface area (Å²) in [5, 5.41) is 4.94. The Morgan fingerprint density at radius 1 is 1.12 bits per heavy atom. The van der Waals surface area contributed by atoms with E-state index >= 15 is 0 Å². The molecule has 0 saturated heterocycles. The van der Waals surface area contributed by atoms with Crippen LogP contribution in [0, 0.1) is 6.92 Å². The second-order valence-corrected chi connectivity index (χ2v) is 6.94. The van der Waals surface area contributed by atoms with Crippen LogP contribution in [-0.2, 0) is 17.8 Å². The molecule has 24 heavy (non-hydrogen) atoms. The molecular weight excluding hydrogens is 324 g/mol. The maximum Gasteiger partial charge on any atom is 0.229 e. The van der Waals surface area contributed by atoms with Crippen LogP contribution in [0.15, 0.2) is 11.4 Å². The first-order valence-corrected chi connectivity index (χ1v) is 8.64. The minimum absolute atomic E-state index is 0.000943. The number of aromatic nitrogens is 3. The molecule has 0 fully saturated rings. The molecule has 2 aromatic heterocycles. The average Bonchev–Trinajstić information content (AvgIpc) is 2.95. The Morgan fingerprint density at radius 3 is 2.25 bits per heavy atom. The molecule has 0 atom stereocenters. The maximum atomic E-state index is 12.1. The molecule has 8 heteroatoms. The first-order valence-electron chi connectivity index (χ1n) is 7.76. The first-order chi connectivity index (χ1) is 11.4. The van der Waals surface area contributed by atoms with Crippen LogP contribution in [0.2, 0.25) is 0 Å². The molecule has 2 heterocycles. The van der Waals surface area contributed by atoms with E-state index in [4.69, 9.17) is 0 Å². The van der Waals surface area contributed by atoms with Gasteiger partial charge in [-0.1, -0.05) is 0 Å². The third-order valence-corrected chi connectivity index (χ3v) is 4.53. The number of nitrogens with zero attached hydrogens (tertiary/aromatic N) is 5. The van der Waals surface area contributed by atoms with Gasteiger partial charge < -0.3 is 15.1 Å². The summed E-state index contributed by atoms with van der Waals surface area (Å²) >= 11 is 1.69. The molecule has 0 bridgehead atoms. The standard InChI is InChI=1S/C16H24N6OS/c1-11-8-9-24-12(11)6-7-14(23)17-10-13-18-15(21(2)3)20-16(19-13)22(4)5/h8-9H,6-7,10H2,1-5H3,(H,17,23). The number of anilines is 2. The third kappa shape index (κ3) is 4.89. The van der Waals surface area contributed by atoms with Crippen LogP contribution in [0.3, 0.4) is 0 Å². The van der Waals surface area contributed by atoms with E-state index in [1.165, 1.54) is 10.4 Å². The summed E-state index contributed by atoms with van der Waals surface area (Å²) in [6, 6.07) is 2.08. The zero-order valence-corrected chi connectivity index (χ0v) is 15.6. The minimum Gasteiger partial charge on any atom is -0.349 e. The van der Waals surface area contributed by atoms with Crippen molar-refractivity contribution in [1.29, 1.82) is 0 Å². The van der Waals surface area contributed by atoms with Gasteiger partial charge in [-0.25, -0.2) is 0 Å². The molecule has 0 aliphatic carbocycles. The Hall–Kier alpha value is -2.22. The predicted molar refractivity (Wildman–Crippen MR) is 97.7 cm³/mol. The molecule has 0 aliphatic heterocycles. The van der Waals surface area contributed by atoms with Gasteiger partial charge in [-0.2, -0.15) is 15.0 Å². The van der Waals surface area contributed by atoms with Gasteiger partial charge in [-0.05, 0) is 30.4 Å². The number of hydrogen-bond donors (Lipinski definition) is 1. The van der Waals surface area contributed by atoms with Gasteiger partial charge in [0.05, 0.1) is 6.54 Å². The fourth-order valence-corrected chi connectivity index (χ4v) is 2.94. The van der Waals surface area contributed by atoms with Gasteiger partial charge in [0.15, 0.2) is 5.82 Å². The monoisotopic (exact) mass is 348 g/mol. The highest BCUT2D eigenvalue weighted by Crippen LogP contribution is 2.17. The highest BCUT2D eigenvalue weighted by molar-refractivity contribution is 7.10. The Bertz CT molecular complexity index is 671. The molecule has 0 unspecified atom stereocenters. The van der Waals surface area contributed by atoms with Crippen LogP contribution in [0.4, 0.5) is 11.9 Å². The van der Waals surface area contributed by atoms with E-state index < -0.39 is 0 Å². The molecule has 0 spiro atoms. The average molecular weight is 348 g/mol. The Morgan fingerprint density at radius 2 is 1.75 bits per heavy atom. The van der Waals surface area contributed by atoms with Crippen molar-refractivity contribution in [1.82, 2.24) is 20.3 Å². The second-order valence-electron chi connectivity index (χ2n) is 5.94. The van der Waals surface area contributed by atoms with Crippen LogP contribution in [0.5, 0.6) is 0 Å². The van der Waals surface area contributed by atoms with E-state index in [0.717, 1.165) is 6.42 Å². The zero-order chi connectivity index (χ0) is 17.7. The molecule has 130 valence electrons. The SMILES string of the molecule is Cc1ccsc1CCC(=O)NCc1nc(N(C)C)nc(N(C)C)n1. The summed E-state index contributed by atoms with van der Waals surface area (Å²) in [6.07, 6.45) is 1.23. The summed E-state index contributed by atoms with van der Waals surface area (Å²) in [6.45, 7) is 2.37. The summed E-state index contributed by atoms with van der Waals surface area (Å²) in [4.78, 5) is 30.1. The highest BCUT2D eigenvalue weighted by atomic mass is 32.1. The number of nitrogens with one attached hydrogen (secondary N) is 1. The number of hydrogen-bond acceptors (Lipinski definition) is 7. The molecular formula is C16H24N6OS. The van der Waals surface area contributed by atoms with Gasteiger partial charge in [0, 0.05) is 39.5 Å². The highest BCUT2D eigenvalue weighted by Gasteiger charge is 2.11. The normalized spacial score (nSPS) is 10.5.